The molecule has 0 aliphatic carbocycles. The van der Waals surface area contributed by atoms with Gasteiger partial charge in [0.25, 0.3) is 0 Å². The smallest absolute Gasteiger partial charge is 0.464 e. The zero-order chi connectivity index (χ0) is 21.7. The van der Waals surface area contributed by atoms with E-state index in [1.807, 2.05) is 31.1 Å². The standard InChI is InChI=1S/C20H23F3N2O3S2/c1-24(2)11-16-6-7-17(27-16)12-29-9-8-25-18(26)13-30-19(25)14-4-3-5-15(10-14)28-20(21,22)23/h3-7,10,19H,8-9,11-13H2,1-2H3. The summed E-state index contributed by atoms with van der Waals surface area (Å²) in [6.07, 6.45) is -4.74. The normalized spacial score (nSPS) is 17.2. The van der Waals surface area contributed by atoms with Crippen LogP contribution in [0.5, 0.6) is 5.75 Å². The minimum Gasteiger partial charge on any atom is -0.464 e. The van der Waals surface area contributed by atoms with E-state index in [1.165, 1.54) is 30.0 Å². The van der Waals surface area contributed by atoms with Gasteiger partial charge in [-0.3, -0.25) is 4.79 Å². The van der Waals surface area contributed by atoms with E-state index >= 15 is 0 Å². The molecule has 2 aromatic rings. The summed E-state index contributed by atoms with van der Waals surface area (Å²) in [6, 6.07) is 9.75. The molecule has 164 valence electrons. The first-order valence-electron chi connectivity index (χ1n) is 9.28. The van der Waals surface area contributed by atoms with E-state index < -0.39 is 6.36 Å². The van der Waals surface area contributed by atoms with Gasteiger partial charge >= 0.3 is 6.36 Å². The molecule has 3 rings (SSSR count). The first-order valence-corrected chi connectivity index (χ1v) is 11.5. The highest BCUT2D eigenvalue weighted by molar-refractivity contribution is 8.00. The van der Waals surface area contributed by atoms with Crippen LogP contribution in [0.15, 0.2) is 40.8 Å². The van der Waals surface area contributed by atoms with Crippen LogP contribution in [0.3, 0.4) is 0 Å². The number of furan rings is 1. The van der Waals surface area contributed by atoms with E-state index in [0.717, 1.165) is 18.1 Å². The Morgan fingerprint density at radius 1 is 1.27 bits per heavy atom. The summed E-state index contributed by atoms with van der Waals surface area (Å²) in [5.41, 5.74) is 0.622. The summed E-state index contributed by atoms with van der Waals surface area (Å²) in [6.45, 7) is 1.25. The number of thioether (sulfide) groups is 2. The largest absolute Gasteiger partial charge is 0.573 e. The fraction of sp³-hybridized carbons (Fsp3) is 0.450. The molecule has 1 aliphatic heterocycles. The molecular weight excluding hydrogens is 437 g/mol. The van der Waals surface area contributed by atoms with E-state index in [-0.39, 0.29) is 17.0 Å². The number of nitrogens with zero attached hydrogens (tertiary/aromatic N) is 2. The lowest BCUT2D eigenvalue weighted by atomic mass is 10.2. The molecule has 1 fully saturated rings. The summed E-state index contributed by atoms with van der Waals surface area (Å²) in [5, 5.41) is -0.315. The molecule has 1 atom stereocenters. The monoisotopic (exact) mass is 460 g/mol. The molecule has 1 amide bonds. The summed E-state index contributed by atoms with van der Waals surface area (Å²) in [5.74, 6) is 3.20. The number of amides is 1. The van der Waals surface area contributed by atoms with Crippen LogP contribution >= 0.6 is 23.5 Å². The topological polar surface area (TPSA) is 45.9 Å². The second-order valence-electron chi connectivity index (χ2n) is 7.03. The lowest BCUT2D eigenvalue weighted by molar-refractivity contribution is -0.274. The Morgan fingerprint density at radius 2 is 2.03 bits per heavy atom. The number of benzene rings is 1. The third-order valence-electron chi connectivity index (χ3n) is 4.26. The molecule has 1 aromatic heterocycles. The Labute approximate surface area is 181 Å². The molecule has 30 heavy (non-hydrogen) atoms. The van der Waals surface area contributed by atoms with E-state index in [4.69, 9.17) is 4.42 Å². The molecule has 1 unspecified atom stereocenters. The van der Waals surface area contributed by atoms with E-state index in [2.05, 4.69) is 4.74 Å². The van der Waals surface area contributed by atoms with Crippen molar-refractivity contribution in [3.63, 3.8) is 0 Å². The van der Waals surface area contributed by atoms with Crippen LogP contribution in [0.1, 0.15) is 22.5 Å². The summed E-state index contributed by atoms with van der Waals surface area (Å²) in [7, 11) is 3.95. The van der Waals surface area contributed by atoms with Gasteiger partial charge in [0.15, 0.2) is 0 Å². The Kier molecular flexibility index (Phi) is 7.65. The maximum absolute atomic E-state index is 12.5. The van der Waals surface area contributed by atoms with Gasteiger partial charge in [-0.25, -0.2) is 0 Å². The van der Waals surface area contributed by atoms with Gasteiger partial charge in [0.1, 0.15) is 22.6 Å². The fourth-order valence-electron chi connectivity index (χ4n) is 3.07. The van der Waals surface area contributed by atoms with Crippen molar-refractivity contribution in [1.29, 1.82) is 0 Å². The highest BCUT2D eigenvalue weighted by Crippen LogP contribution is 2.40. The van der Waals surface area contributed by atoms with Crippen LogP contribution in [0, 0.1) is 0 Å². The third-order valence-corrected chi connectivity index (χ3v) is 6.47. The first-order chi connectivity index (χ1) is 14.2. The van der Waals surface area contributed by atoms with E-state index in [1.54, 1.807) is 22.7 Å². The highest BCUT2D eigenvalue weighted by Gasteiger charge is 2.34. The molecule has 0 N–H and O–H groups in total. The quantitative estimate of drug-likeness (QED) is 0.504. The second-order valence-corrected chi connectivity index (χ2v) is 9.20. The molecule has 0 saturated carbocycles. The van der Waals surface area contributed by atoms with Crippen LogP contribution < -0.4 is 4.74 Å². The number of halogens is 3. The number of carbonyl (C=O) groups excluding carboxylic acids is 1. The van der Waals surface area contributed by atoms with Gasteiger partial charge in [0, 0.05) is 12.3 Å². The van der Waals surface area contributed by atoms with Crippen molar-refractivity contribution in [2.24, 2.45) is 0 Å². The van der Waals surface area contributed by atoms with E-state index in [0.29, 0.717) is 29.4 Å². The van der Waals surface area contributed by atoms with Crippen molar-refractivity contribution in [3.8, 4) is 5.75 Å². The number of alkyl halides is 3. The third kappa shape index (κ3) is 6.61. The molecule has 0 spiro atoms. The van der Waals surface area contributed by atoms with Crippen LogP contribution in [0.25, 0.3) is 0 Å². The lowest BCUT2D eigenvalue weighted by Crippen LogP contribution is -2.30. The van der Waals surface area contributed by atoms with Gasteiger partial charge in [-0.2, -0.15) is 11.8 Å². The molecule has 1 aromatic carbocycles. The molecule has 0 radical (unpaired) electrons. The molecule has 10 heteroatoms. The lowest BCUT2D eigenvalue weighted by Gasteiger charge is -2.24. The van der Waals surface area contributed by atoms with Crippen LogP contribution in [-0.2, 0) is 17.1 Å². The minimum absolute atomic E-state index is 0.0148. The Hall–Kier alpha value is -1.78. The first kappa shape index (κ1) is 22.9. The summed E-state index contributed by atoms with van der Waals surface area (Å²) in [4.78, 5) is 16.0. The number of rotatable bonds is 9. The zero-order valence-electron chi connectivity index (χ0n) is 16.6. The van der Waals surface area contributed by atoms with Gasteiger partial charge in [0.05, 0.1) is 18.1 Å². The average molecular weight is 461 g/mol. The number of hydrogen-bond donors (Lipinski definition) is 0. The average Bonchev–Trinajstić information content (AvgIpc) is 3.23. The van der Waals surface area contributed by atoms with Crippen molar-refractivity contribution in [2.45, 2.75) is 24.0 Å². The van der Waals surface area contributed by atoms with Crippen molar-refractivity contribution in [3.05, 3.63) is 53.5 Å². The number of carbonyl (C=O) groups is 1. The van der Waals surface area contributed by atoms with Crippen molar-refractivity contribution in [1.82, 2.24) is 9.80 Å². The molecular formula is C20H23F3N2O3S2. The van der Waals surface area contributed by atoms with Gasteiger partial charge in [-0.15, -0.1) is 24.9 Å². The van der Waals surface area contributed by atoms with Crippen molar-refractivity contribution >= 4 is 29.4 Å². The minimum atomic E-state index is -4.74. The maximum Gasteiger partial charge on any atom is 0.573 e. The van der Waals surface area contributed by atoms with Crippen molar-refractivity contribution in [2.75, 3.05) is 32.1 Å². The van der Waals surface area contributed by atoms with Crippen LogP contribution in [0.2, 0.25) is 0 Å². The van der Waals surface area contributed by atoms with Gasteiger partial charge in [-0.05, 0) is 43.9 Å². The predicted octanol–water partition coefficient (Wildman–Crippen LogP) is 4.75. The Balaban J connectivity index is 1.54. The van der Waals surface area contributed by atoms with Gasteiger partial charge < -0.3 is 19.0 Å². The summed E-state index contributed by atoms with van der Waals surface area (Å²) < 4.78 is 47.3. The molecule has 1 saturated heterocycles. The summed E-state index contributed by atoms with van der Waals surface area (Å²) >= 11 is 3.06. The highest BCUT2D eigenvalue weighted by atomic mass is 32.2. The van der Waals surface area contributed by atoms with Crippen molar-refractivity contribution < 1.29 is 27.1 Å². The van der Waals surface area contributed by atoms with Gasteiger partial charge in [-0.1, -0.05) is 12.1 Å². The molecule has 2 heterocycles. The van der Waals surface area contributed by atoms with Crippen LogP contribution in [0.4, 0.5) is 13.2 Å². The fourth-order valence-corrected chi connectivity index (χ4v) is 5.10. The zero-order valence-corrected chi connectivity index (χ0v) is 18.3. The van der Waals surface area contributed by atoms with Gasteiger partial charge in [0.2, 0.25) is 5.91 Å². The number of ether oxygens (including phenoxy) is 1. The van der Waals surface area contributed by atoms with E-state index in [9.17, 15) is 18.0 Å². The second kappa shape index (κ2) is 10.0. The molecule has 0 bridgehead atoms. The SMILES string of the molecule is CN(C)Cc1ccc(CSCCN2C(=O)CSC2c2cccc(OC(F)(F)F)c2)o1. The molecule has 1 aliphatic rings. The predicted molar refractivity (Wildman–Crippen MR) is 112 cm³/mol. The molecule has 5 nitrogen and oxygen atoms in total. The Morgan fingerprint density at radius 3 is 2.77 bits per heavy atom. The number of hydrogen-bond acceptors (Lipinski definition) is 6. The van der Waals surface area contributed by atoms with Crippen LogP contribution in [-0.4, -0.2) is 54.2 Å². The maximum atomic E-state index is 12.5. The Bertz CT molecular complexity index is 858.